The smallest absolute Gasteiger partial charge is 0.162 e. The number of hydrogen-bond acceptors (Lipinski definition) is 4. The average molecular weight is 518 g/mol. The fourth-order valence-corrected chi connectivity index (χ4v) is 4.00. The monoisotopic (exact) mass is 516 g/mol. The molecular weight excluding hydrogens is 487 g/mol. The molecule has 0 radical (unpaired) electrons. The zero-order valence-electron chi connectivity index (χ0n) is 17.9. The fraction of sp³-hybridized carbons (Fsp3) is 0.478. The second kappa shape index (κ2) is 13.4. The van der Waals surface area contributed by atoms with Gasteiger partial charge in [-0.25, -0.2) is 0 Å². The second-order valence-electron chi connectivity index (χ2n) is 6.90. The van der Waals surface area contributed by atoms with Crippen LogP contribution in [0.4, 0.5) is 0 Å². The van der Waals surface area contributed by atoms with Crippen LogP contribution in [-0.2, 0) is 13.2 Å². The van der Waals surface area contributed by atoms with Gasteiger partial charge in [0.2, 0.25) is 0 Å². The predicted molar refractivity (Wildman–Crippen MR) is 130 cm³/mol. The Balaban J connectivity index is 1.98. The van der Waals surface area contributed by atoms with Crippen LogP contribution in [0.2, 0.25) is 10.0 Å². The molecule has 4 nitrogen and oxygen atoms in total. The first-order valence-electron chi connectivity index (χ1n) is 10.4. The molecule has 0 unspecified atom stereocenters. The summed E-state index contributed by atoms with van der Waals surface area (Å²) in [5, 5.41) is 4.72. The highest BCUT2D eigenvalue weighted by Gasteiger charge is 2.12. The van der Waals surface area contributed by atoms with Crippen LogP contribution in [0.25, 0.3) is 0 Å². The van der Waals surface area contributed by atoms with Crippen LogP contribution >= 0.6 is 39.1 Å². The van der Waals surface area contributed by atoms with E-state index in [-0.39, 0.29) is 0 Å². The summed E-state index contributed by atoms with van der Waals surface area (Å²) < 4.78 is 12.8. The standard InChI is InChI=1S/C23H31BrCl2N2O2/c1-4-28(5-2)11-7-10-27-15-18-12-22(29-6-3)23(14-20(18)24)30-16-17-8-9-19(25)13-21(17)26/h8-9,12-14,27H,4-7,10-11,15-16H2,1-3H3. The SMILES string of the molecule is CCOc1cc(CNCCCN(CC)CC)c(Br)cc1OCc1ccc(Cl)cc1Cl. The summed E-state index contributed by atoms with van der Waals surface area (Å²) in [5.74, 6) is 1.41. The van der Waals surface area contributed by atoms with E-state index in [4.69, 9.17) is 32.7 Å². The molecule has 0 atom stereocenters. The summed E-state index contributed by atoms with van der Waals surface area (Å²) in [6.45, 7) is 12.3. The third-order valence-corrected chi connectivity index (χ3v) is 6.17. The molecule has 30 heavy (non-hydrogen) atoms. The number of rotatable bonds is 13. The molecule has 0 aliphatic heterocycles. The van der Waals surface area contributed by atoms with Crippen LogP contribution in [0.5, 0.6) is 11.5 Å². The molecule has 0 bridgehead atoms. The molecule has 1 N–H and O–H groups in total. The molecule has 2 aromatic carbocycles. The molecule has 166 valence electrons. The number of benzene rings is 2. The molecule has 0 saturated carbocycles. The van der Waals surface area contributed by atoms with Crippen molar-refractivity contribution >= 4 is 39.1 Å². The van der Waals surface area contributed by atoms with E-state index < -0.39 is 0 Å². The highest BCUT2D eigenvalue weighted by Crippen LogP contribution is 2.35. The molecule has 7 heteroatoms. The summed E-state index contributed by atoms with van der Waals surface area (Å²) >= 11 is 15.9. The van der Waals surface area contributed by atoms with E-state index in [0.29, 0.717) is 29.0 Å². The third kappa shape index (κ3) is 7.93. The van der Waals surface area contributed by atoms with Gasteiger partial charge in [-0.15, -0.1) is 0 Å². The summed E-state index contributed by atoms with van der Waals surface area (Å²) in [7, 11) is 0. The first kappa shape index (κ1) is 25.3. The van der Waals surface area contributed by atoms with Crippen molar-refractivity contribution in [2.24, 2.45) is 0 Å². The molecule has 0 fully saturated rings. The minimum atomic E-state index is 0.339. The van der Waals surface area contributed by atoms with Gasteiger partial charge < -0.3 is 19.7 Å². The second-order valence-corrected chi connectivity index (χ2v) is 8.60. The molecule has 0 spiro atoms. The Bertz CT molecular complexity index is 801. The van der Waals surface area contributed by atoms with E-state index in [0.717, 1.165) is 60.5 Å². The molecular formula is C23H31BrCl2N2O2. The Morgan fingerprint density at radius 1 is 0.967 bits per heavy atom. The maximum Gasteiger partial charge on any atom is 0.162 e. The molecule has 0 amide bonds. The molecule has 2 rings (SSSR count). The normalized spacial score (nSPS) is 11.2. The Morgan fingerprint density at radius 2 is 1.70 bits per heavy atom. The van der Waals surface area contributed by atoms with Crippen LogP contribution in [0.3, 0.4) is 0 Å². The number of hydrogen-bond donors (Lipinski definition) is 1. The summed E-state index contributed by atoms with van der Waals surface area (Å²) in [6.07, 6.45) is 1.13. The van der Waals surface area contributed by atoms with Crippen molar-refractivity contribution in [3.05, 3.63) is 56.0 Å². The molecule has 0 aliphatic carbocycles. The Morgan fingerprint density at radius 3 is 2.37 bits per heavy atom. The van der Waals surface area contributed by atoms with E-state index >= 15 is 0 Å². The van der Waals surface area contributed by atoms with Crippen molar-refractivity contribution in [3.8, 4) is 11.5 Å². The van der Waals surface area contributed by atoms with Crippen LogP contribution < -0.4 is 14.8 Å². The van der Waals surface area contributed by atoms with Crippen molar-refractivity contribution < 1.29 is 9.47 Å². The van der Waals surface area contributed by atoms with Crippen LogP contribution in [-0.4, -0.2) is 37.7 Å². The number of ether oxygens (including phenoxy) is 2. The largest absolute Gasteiger partial charge is 0.490 e. The zero-order valence-corrected chi connectivity index (χ0v) is 21.0. The first-order chi connectivity index (χ1) is 14.5. The lowest BCUT2D eigenvalue weighted by Gasteiger charge is -2.18. The van der Waals surface area contributed by atoms with Gasteiger partial charge in [0.1, 0.15) is 6.61 Å². The first-order valence-corrected chi connectivity index (χ1v) is 12.0. The molecule has 2 aromatic rings. The Labute approximate surface area is 199 Å². The maximum absolute atomic E-state index is 6.26. The molecule has 0 aliphatic rings. The Hall–Kier alpha value is -0.980. The summed E-state index contributed by atoms with van der Waals surface area (Å²) in [6, 6.07) is 9.39. The van der Waals surface area contributed by atoms with Gasteiger partial charge in [0.05, 0.1) is 6.61 Å². The van der Waals surface area contributed by atoms with Gasteiger partial charge in [0.25, 0.3) is 0 Å². The van der Waals surface area contributed by atoms with Crippen LogP contribution in [0.15, 0.2) is 34.8 Å². The van der Waals surface area contributed by atoms with E-state index in [2.05, 4.69) is 40.0 Å². The van der Waals surface area contributed by atoms with E-state index in [1.54, 1.807) is 12.1 Å². The molecule has 0 heterocycles. The minimum absolute atomic E-state index is 0.339. The van der Waals surface area contributed by atoms with Crippen molar-refractivity contribution in [3.63, 3.8) is 0 Å². The Kier molecular flexibility index (Phi) is 11.3. The minimum Gasteiger partial charge on any atom is -0.490 e. The van der Waals surface area contributed by atoms with Crippen molar-refractivity contribution in [1.82, 2.24) is 10.2 Å². The lowest BCUT2D eigenvalue weighted by atomic mass is 10.2. The third-order valence-electron chi connectivity index (χ3n) is 4.85. The van der Waals surface area contributed by atoms with Crippen molar-refractivity contribution in [1.29, 1.82) is 0 Å². The maximum atomic E-state index is 6.26. The van der Waals surface area contributed by atoms with Crippen molar-refractivity contribution in [2.75, 3.05) is 32.8 Å². The van der Waals surface area contributed by atoms with E-state index in [9.17, 15) is 0 Å². The summed E-state index contributed by atoms with van der Waals surface area (Å²) in [4.78, 5) is 2.43. The fourth-order valence-electron chi connectivity index (χ4n) is 3.08. The van der Waals surface area contributed by atoms with Gasteiger partial charge in [-0.1, -0.05) is 59.0 Å². The summed E-state index contributed by atoms with van der Waals surface area (Å²) in [5.41, 5.74) is 2.01. The number of nitrogens with zero attached hydrogens (tertiary/aromatic N) is 1. The number of halogens is 3. The molecule has 0 saturated heterocycles. The van der Waals surface area contributed by atoms with E-state index in [1.807, 2.05) is 25.1 Å². The predicted octanol–water partition coefficient (Wildman–Crippen LogP) is 6.56. The van der Waals surface area contributed by atoms with Gasteiger partial charge in [-0.3, -0.25) is 0 Å². The van der Waals surface area contributed by atoms with Crippen LogP contribution in [0.1, 0.15) is 38.3 Å². The lowest BCUT2D eigenvalue weighted by Crippen LogP contribution is -2.27. The van der Waals surface area contributed by atoms with Gasteiger partial charge in [0.15, 0.2) is 11.5 Å². The highest BCUT2D eigenvalue weighted by molar-refractivity contribution is 9.10. The quantitative estimate of drug-likeness (QED) is 0.305. The number of nitrogens with one attached hydrogen (secondary N) is 1. The van der Waals surface area contributed by atoms with Gasteiger partial charge in [0, 0.05) is 26.6 Å². The zero-order chi connectivity index (χ0) is 21.9. The average Bonchev–Trinajstić information content (AvgIpc) is 2.72. The van der Waals surface area contributed by atoms with Crippen LogP contribution in [0, 0.1) is 0 Å². The topological polar surface area (TPSA) is 33.7 Å². The highest BCUT2D eigenvalue weighted by atomic mass is 79.9. The van der Waals surface area contributed by atoms with Gasteiger partial charge >= 0.3 is 0 Å². The van der Waals surface area contributed by atoms with Crippen molar-refractivity contribution in [2.45, 2.75) is 40.3 Å². The van der Waals surface area contributed by atoms with Gasteiger partial charge in [-0.2, -0.15) is 0 Å². The molecule has 0 aromatic heterocycles. The van der Waals surface area contributed by atoms with E-state index in [1.165, 1.54) is 0 Å². The lowest BCUT2D eigenvalue weighted by molar-refractivity contribution is 0.269. The van der Waals surface area contributed by atoms with Gasteiger partial charge in [-0.05, 0) is 69.4 Å².